The van der Waals surface area contributed by atoms with Crippen molar-refractivity contribution < 1.29 is 14.6 Å². The Labute approximate surface area is 133 Å². The van der Waals surface area contributed by atoms with Gasteiger partial charge < -0.3 is 20.5 Å². The zero-order valence-electron chi connectivity index (χ0n) is 13.2. The van der Waals surface area contributed by atoms with E-state index in [9.17, 15) is 9.90 Å². The molecule has 21 heavy (non-hydrogen) atoms. The van der Waals surface area contributed by atoms with Gasteiger partial charge in [-0.25, -0.2) is 0 Å². The van der Waals surface area contributed by atoms with Gasteiger partial charge in [-0.15, -0.1) is 12.4 Å². The predicted octanol–water partition coefficient (Wildman–Crippen LogP) is 1.17. The maximum absolute atomic E-state index is 12.3. The third kappa shape index (κ3) is 3.36. The van der Waals surface area contributed by atoms with E-state index in [4.69, 9.17) is 10.5 Å². The average Bonchev–Trinajstić information content (AvgIpc) is 2.45. The standard InChI is InChI=1S/C15H28N2O3.ClH/c1-4-20-12-9-11(18)15(12)5-7-17(8-6-15)14(19)13(16)10(2)3;/h10-13,18H,4-9,16H2,1-3H3;1H/t11?,12?,13-;/m0./s1. The molecular weight excluding hydrogens is 292 g/mol. The van der Waals surface area contributed by atoms with Crippen LogP contribution in [0.5, 0.6) is 0 Å². The Hall–Kier alpha value is -0.360. The van der Waals surface area contributed by atoms with Gasteiger partial charge in [0, 0.05) is 31.5 Å². The molecule has 124 valence electrons. The van der Waals surface area contributed by atoms with Gasteiger partial charge in [-0.3, -0.25) is 4.79 Å². The second-order valence-corrected chi connectivity index (χ2v) is 6.52. The number of piperidine rings is 1. The summed E-state index contributed by atoms with van der Waals surface area (Å²) < 4.78 is 5.73. The lowest BCUT2D eigenvalue weighted by molar-refractivity contribution is -0.210. The normalized spacial score (nSPS) is 29.0. The van der Waals surface area contributed by atoms with Crippen LogP contribution in [-0.4, -0.2) is 53.9 Å². The van der Waals surface area contributed by atoms with Crippen molar-refractivity contribution in [3.05, 3.63) is 0 Å². The SMILES string of the molecule is CCOC1CC(O)C12CCN(C(=O)[C@@H](N)C(C)C)CC2.Cl. The summed E-state index contributed by atoms with van der Waals surface area (Å²) in [7, 11) is 0. The van der Waals surface area contributed by atoms with Gasteiger partial charge in [-0.2, -0.15) is 0 Å². The molecule has 5 nitrogen and oxygen atoms in total. The summed E-state index contributed by atoms with van der Waals surface area (Å²) in [5, 5.41) is 10.1. The molecule has 0 aromatic rings. The van der Waals surface area contributed by atoms with E-state index in [0.29, 0.717) is 19.7 Å². The largest absolute Gasteiger partial charge is 0.392 e. The van der Waals surface area contributed by atoms with Gasteiger partial charge in [-0.05, 0) is 25.7 Å². The Bertz CT molecular complexity index is 355. The molecule has 2 fully saturated rings. The van der Waals surface area contributed by atoms with Gasteiger partial charge in [0.05, 0.1) is 18.2 Å². The van der Waals surface area contributed by atoms with Crippen LogP contribution in [0.2, 0.25) is 0 Å². The molecule has 1 spiro atoms. The van der Waals surface area contributed by atoms with E-state index < -0.39 is 6.04 Å². The number of likely N-dealkylation sites (tertiary alicyclic amines) is 1. The highest BCUT2D eigenvalue weighted by molar-refractivity contribution is 5.85. The minimum absolute atomic E-state index is 0. The minimum Gasteiger partial charge on any atom is -0.392 e. The highest BCUT2D eigenvalue weighted by Crippen LogP contribution is 2.50. The highest BCUT2D eigenvalue weighted by Gasteiger charge is 2.56. The van der Waals surface area contributed by atoms with Gasteiger partial charge in [0.25, 0.3) is 0 Å². The summed E-state index contributed by atoms with van der Waals surface area (Å²) in [4.78, 5) is 14.1. The number of ether oxygens (including phenoxy) is 1. The molecule has 1 aliphatic carbocycles. The second-order valence-electron chi connectivity index (χ2n) is 6.52. The molecule has 0 bridgehead atoms. The molecular formula is C15H29ClN2O3. The number of rotatable bonds is 4. The molecule has 6 heteroatoms. The van der Waals surface area contributed by atoms with Gasteiger partial charge in [0.1, 0.15) is 0 Å². The molecule has 2 aliphatic rings. The molecule has 3 atom stereocenters. The average molecular weight is 321 g/mol. The van der Waals surface area contributed by atoms with Crippen molar-refractivity contribution in [2.75, 3.05) is 19.7 Å². The van der Waals surface area contributed by atoms with Crippen LogP contribution in [0.3, 0.4) is 0 Å². The Balaban J connectivity index is 0.00000220. The van der Waals surface area contributed by atoms with Crippen LogP contribution in [0.1, 0.15) is 40.0 Å². The molecule has 1 amide bonds. The van der Waals surface area contributed by atoms with Crippen molar-refractivity contribution in [1.82, 2.24) is 4.90 Å². The third-order valence-electron chi connectivity index (χ3n) is 5.12. The molecule has 1 aliphatic heterocycles. The zero-order valence-corrected chi connectivity index (χ0v) is 14.1. The Morgan fingerprint density at radius 2 is 2.00 bits per heavy atom. The van der Waals surface area contributed by atoms with Crippen molar-refractivity contribution in [1.29, 1.82) is 0 Å². The lowest BCUT2D eigenvalue weighted by atomic mass is 9.58. The number of hydrogen-bond donors (Lipinski definition) is 2. The monoisotopic (exact) mass is 320 g/mol. The molecule has 0 aromatic heterocycles. The van der Waals surface area contributed by atoms with Crippen LogP contribution in [0, 0.1) is 11.3 Å². The van der Waals surface area contributed by atoms with Crippen LogP contribution in [-0.2, 0) is 9.53 Å². The zero-order chi connectivity index (χ0) is 14.9. The number of halogens is 1. The van der Waals surface area contributed by atoms with Gasteiger partial charge in [0.2, 0.25) is 5.91 Å². The maximum atomic E-state index is 12.3. The fourth-order valence-corrected chi connectivity index (χ4v) is 3.46. The van der Waals surface area contributed by atoms with E-state index in [1.165, 1.54) is 0 Å². The fourth-order valence-electron chi connectivity index (χ4n) is 3.46. The first-order valence-corrected chi connectivity index (χ1v) is 7.76. The summed E-state index contributed by atoms with van der Waals surface area (Å²) in [6, 6.07) is -0.418. The molecule has 1 saturated carbocycles. The van der Waals surface area contributed by atoms with Crippen LogP contribution < -0.4 is 5.73 Å². The second kappa shape index (κ2) is 7.27. The van der Waals surface area contributed by atoms with E-state index in [0.717, 1.165) is 19.3 Å². The summed E-state index contributed by atoms with van der Waals surface area (Å²) >= 11 is 0. The van der Waals surface area contributed by atoms with E-state index in [-0.39, 0.29) is 41.9 Å². The first-order valence-electron chi connectivity index (χ1n) is 7.76. The molecule has 0 radical (unpaired) electrons. The number of carbonyl (C=O) groups is 1. The molecule has 3 N–H and O–H groups in total. The van der Waals surface area contributed by atoms with Crippen molar-refractivity contribution in [3.63, 3.8) is 0 Å². The Morgan fingerprint density at radius 3 is 2.43 bits per heavy atom. The van der Waals surface area contributed by atoms with Gasteiger partial charge in [-0.1, -0.05) is 13.8 Å². The topological polar surface area (TPSA) is 75.8 Å². The van der Waals surface area contributed by atoms with E-state index in [2.05, 4.69) is 0 Å². The van der Waals surface area contributed by atoms with Crippen molar-refractivity contribution >= 4 is 18.3 Å². The highest BCUT2D eigenvalue weighted by atomic mass is 35.5. The molecule has 1 heterocycles. The van der Waals surface area contributed by atoms with Gasteiger partial charge in [0.15, 0.2) is 0 Å². The first-order chi connectivity index (χ1) is 9.42. The van der Waals surface area contributed by atoms with E-state index >= 15 is 0 Å². The Morgan fingerprint density at radius 1 is 1.43 bits per heavy atom. The summed E-state index contributed by atoms with van der Waals surface area (Å²) in [6.07, 6.45) is 2.23. The number of amides is 1. The summed E-state index contributed by atoms with van der Waals surface area (Å²) in [6.45, 7) is 7.96. The summed E-state index contributed by atoms with van der Waals surface area (Å²) in [5.41, 5.74) is 5.81. The number of hydrogen-bond acceptors (Lipinski definition) is 4. The van der Waals surface area contributed by atoms with Crippen molar-refractivity contribution in [2.45, 2.75) is 58.3 Å². The maximum Gasteiger partial charge on any atom is 0.239 e. The number of nitrogens with zero attached hydrogens (tertiary/aromatic N) is 1. The van der Waals surface area contributed by atoms with E-state index in [1.807, 2.05) is 25.7 Å². The molecule has 0 aromatic carbocycles. The molecule has 2 unspecified atom stereocenters. The number of aliphatic hydroxyl groups excluding tert-OH is 1. The Kier molecular flexibility index (Phi) is 6.47. The first kappa shape index (κ1) is 18.7. The van der Waals surface area contributed by atoms with Crippen molar-refractivity contribution in [3.8, 4) is 0 Å². The lowest BCUT2D eigenvalue weighted by Crippen LogP contribution is -2.63. The van der Waals surface area contributed by atoms with Crippen LogP contribution in [0.15, 0.2) is 0 Å². The van der Waals surface area contributed by atoms with Crippen LogP contribution in [0.25, 0.3) is 0 Å². The number of aliphatic hydroxyl groups is 1. The predicted molar refractivity (Wildman–Crippen MR) is 84.3 cm³/mol. The smallest absolute Gasteiger partial charge is 0.239 e. The van der Waals surface area contributed by atoms with Crippen molar-refractivity contribution in [2.24, 2.45) is 17.1 Å². The minimum atomic E-state index is -0.418. The molecule has 1 saturated heterocycles. The quantitative estimate of drug-likeness (QED) is 0.815. The van der Waals surface area contributed by atoms with Crippen LogP contribution >= 0.6 is 12.4 Å². The molecule has 2 rings (SSSR count). The third-order valence-corrected chi connectivity index (χ3v) is 5.12. The van der Waals surface area contributed by atoms with E-state index in [1.54, 1.807) is 0 Å². The van der Waals surface area contributed by atoms with Crippen LogP contribution in [0.4, 0.5) is 0 Å². The number of carbonyl (C=O) groups excluding carboxylic acids is 1. The fraction of sp³-hybridized carbons (Fsp3) is 0.933. The number of nitrogens with two attached hydrogens (primary N) is 1. The lowest BCUT2D eigenvalue weighted by Gasteiger charge is -2.56. The summed E-state index contributed by atoms with van der Waals surface area (Å²) in [5.74, 6) is 0.195. The van der Waals surface area contributed by atoms with Gasteiger partial charge >= 0.3 is 0 Å².